The first-order valence-electron chi connectivity index (χ1n) is 7.98. The molecule has 2 heterocycles. The Hall–Kier alpha value is -3.62. The molecule has 0 spiro atoms. The molecule has 2 N–H and O–H groups in total. The maximum absolute atomic E-state index is 13.6. The zero-order chi connectivity index (χ0) is 19.2. The van der Waals surface area contributed by atoms with Gasteiger partial charge in [-0.05, 0) is 24.3 Å². The first-order valence-corrected chi connectivity index (χ1v) is 7.98. The molecule has 0 atom stereocenters. The Morgan fingerprint density at radius 2 is 1.93 bits per heavy atom. The minimum Gasteiger partial charge on any atom is -0.350 e. The molecule has 2 aromatic heterocycles. The Balaban J connectivity index is 1.56. The summed E-state index contributed by atoms with van der Waals surface area (Å²) in [5.74, 6) is -2.49. The summed E-state index contributed by atoms with van der Waals surface area (Å²) in [5, 5.41) is 9.04. The van der Waals surface area contributed by atoms with E-state index >= 15 is 0 Å². The van der Waals surface area contributed by atoms with E-state index in [-0.39, 0.29) is 18.7 Å². The van der Waals surface area contributed by atoms with Crippen LogP contribution in [0.5, 0.6) is 0 Å². The Morgan fingerprint density at radius 1 is 1.07 bits per heavy atom. The molecule has 0 saturated heterocycles. The van der Waals surface area contributed by atoms with Crippen LogP contribution < -0.4 is 10.6 Å². The third kappa shape index (κ3) is 4.51. The molecule has 0 bridgehead atoms. The number of pyridine rings is 1. The molecule has 138 valence electrons. The van der Waals surface area contributed by atoms with Crippen molar-refractivity contribution in [3.63, 3.8) is 0 Å². The number of carbonyl (C=O) groups is 2. The molecule has 9 heteroatoms. The summed E-state index contributed by atoms with van der Waals surface area (Å²) < 4.78 is 28.0. The van der Waals surface area contributed by atoms with Gasteiger partial charge in [-0.2, -0.15) is 5.10 Å². The first kappa shape index (κ1) is 18.2. The number of hydrogen-bond acceptors (Lipinski definition) is 4. The van der Waals surface area contributed by atoms with E-state index in [0.717, 1.165) is 17.7 Å². The van der Waals surface area contributed by atoms with E-state index in [2.05, 4.69) is 20.7 Å². The molecule has 0 aliphatic carbocycles. The maximum Gasteiger partial charge on any atom is 0.254 e. The van der Waals surface area contributed by atoms with E-state index in [9.17, 15) is 18.4 Å². The first-order chi connectivity index (χ1) is 13.0. The van der Waals surface area contributed by atoms with E-state index in [1.165, 1.54) is 0 Å². The van der Waals surface area contributed by atoms with Crippen molar-refractivity contribution in [2.24, 2.45) is 0 Å². The number of nitrogens with zero attached hydrogens (tertiary/aromatic N) is 3. The van der Waals surface area contributed by atoms with Gasteiger partial charge in [0.1, 0.15) is 11.6 Å². The summed E-state index contributed by atoms with van der Waals surface area (Å²) in [6, 6.07) is 7.86. The van der Waals surface area contributed by atoms with Crippen LogP contribution in [-0.2, 0) is 11.3 Å². The number of rotatable bonds is 6. The largest absolute Gasteiger partial charge is 0.350 e. The van der Waals surface area contributed by atoms with Crippen LogP contribution in [0.25, 0.3) is 5.82 Å². The van der Waals surface area contributed by atoms with Crippen molar-refractivity contribution >= 4 is 11.8 Å². The van der Waals surface area contributed by atoms with Gasteiger partial charge in [0.25, 0.3) is 5.91 Å². The summed E-state index contributed by atoms with van der Waals surface area (Å²) in [6.45, 7) is -0.185. The predicted octanol–water partition coefficient (Wildman–Crippen LogP) is 1.59. The minimum absolute atomic E-state index is 0.169. The highest BCUT2D eigenvalue weighted by Gasteiger charge is 2.14. The summed E-state index contributed by atoms with van der Waals surface area (Å²) in [7, 11) is 0. The molecule has 0 unspecified atom stereocenters. The van der Waals surface area contributed by atoms with Crippen molar-refractivity contribution < 1.29 is 18.4 Å². The van der Waals surface area contributed by atoms with Gasteiger partial charge >= 0.3 is 0 Å². The van der Waals surface area contributed by atoms with Crippen LogP contribution >= 0.6 is 0 Å². The number of benzene rings is 1. The van der Waals surface area contributed by atoms with Gasteiger partial charge in [-0.1, -0.05) is 6.07 Å². The minimum atomic E-state index is -0.993. The molecule has 0 aliphatic rings. The molecule has 0 radical (unpaired) electrons. The van der Waals surface area contributed by atoms with Gasteiger partial charge in [0.2, 0.25) is 5.91 Å². The molecule has 27 heavy (non-hydrogen) atoms. The average molecular weight is 371 g/mol. The lowest BCUT2D eigenvalue weighted by molar-refractivity contribution is -0.120. The molecule has 3 rings (SSSR count). The Bertz CT molecular complexity index is 960. The molecule has 0 fully saturated rings. The number of hydrogen-bond donors (Lipinski definition) is 2. The van der Waals surface area contributed by atoms with Gasteiger partial charge in [0.05, 0.1) is 12.1 Å². The van der Waals surface area contributed by atoms with Crippen molar-refractivity contribution in [2.75, 3.05) is 6.54 Å². The third-order valence-corrected chi connectivity index (χ3v) is 3.65. The van der Waals surface area contributed by atoms with Crippen molar-refractivity contribution in [1.82, 2.24) is 25.4 Å². The van der Waals surface area contributed by atoms with E-state index in [0.29, 0.717) is 11.9 Å². The van der Waals surface area contributed by atoms with Gasteiger partial charge in [0, 0.05) is 36.8 Å². The van der Waals surface area contributed by atoms with Crippen LogP contribution in [0.4, 0.5) is 8.78 Å². The van der Waals surface area contributed by atoms with Crippen LogP contribution in [0.15, 0.2) is 55.0 Å². The fourth-order valence-electron chi connectivity index (χ4n) is 2.35. The van der Waals surface area contributed by atoms with E-state index in [4.69, 9.17) is 0 Å². The van der Waals surface area contributed by atoms with Crippen LogP contribution in [0, 0.1) is 11.6 Å². The number of amides is 2. The molecule has 3 aromatic rings. The second-order valence-corrected chi connectivity index (χ2v) is 5.52. The number of halogens is 2. The molecule has 0 saturated carbocycles. The summed E-state index contributed by atoms with van der Waals surface area (Å²) in [5.41, 5.74) is 0.392. The summed E-state index contributed by atoms with van der Waals surface area (Å²) in [4.78, 5) is 28.1. The smallest absolute Gasteiger partial charge is 0.254 e. The quantitative estimate of drug-likeness (QED) is 0.689. The normalized spacial score (nSPS) is 10.4. The standard InChI is InChI=1S/C18H15F2N5O2/c19-13-4-5-14(15(20)9-13)18(27)23-11-16(26)22-10-12-3-1-6-21-17(12)25-8-2-7-24-25/h1-9H,10-11H2,(H,22,26)(H,23,27). The fraction of sp³-hybridized carbons (Fsp3) is 0.111. The lowest BCUT2D eigenvalue weighted by atomic mass is 10.2. The Kier molecular flexibility index (Phi) is 5.50. The summed E-state index contributed by atoms with van der Waals surface area (Å²) in [6.07, 6.45) is 4.95. The van der Waals surface area contributed by atoms with E-state index in [1.54, 1.807) is 41.5 Å². The van der Waals surface area contributed by atoms with Crippen LogP contribution in [0.2, 0.25) is 0 Å². The summed E-state index contributed by atoms with van der Waals surface area (Å²) >= 11 is 0. The fourth-order valence-corrected chi connectivity index (χ4v) is 2.35. The van der Waals surface area contributed by atoms with Crippen molar-refractivity contribution in [1.29, 1.82) is 0 Å². The van der Waals surface area contributed by atoms with Crippen molar-refractivity contribution in [3.8, 4) is 5.82 Å². The van der Waals surface area contributed by atoms with E-state index in [1.807, 2.05) is 0 Å². The predicted molar refractivity (Wildman–Crippen MR) is 91.9 cm³/mol. The molecule has 2 amide bonds. The lowest BCUT2D eigenvalue weighted by Gasteiger charge is -2.10. The number of carbonyl (C=O) groups excluding carboxylic acids is 2. The molecule has 0 aliphatic heterocycles. The van der Waals surface area contributed by atoms with Gasteiger partial charge in [-0.15, -0.1) is 0 Å². The van der Waals surface area contributed by atoms with Crippen LogP contribution in [-0.4, -0.2) is 33.1 Å². The Labute approximate surface area is 153 Å². The van der Waals surface area contributed by atoms with Gasteiger partial charge in [0.15, 0.2) is 5.82 Å². The molecular formula is C18H15F2N5O2. The highest BCUT2D eigenvalue weighted by molar-refractivity contribution is 5.96. The number of aromatic nitrogens is 3. The monoisotopic (exact) mass is 371 g/mol. The van der Waals surface area contributed by atoms with Gasteiger partial charge in [-0.3, -0.25) is 9.59 Å². The zero-order valence-corrected chi connectivity index (χ0v) is 14.0. The SMILES string of the molecule is O=C(CNC(=O)c1ccc(F)cc1F)NCc1cccnc1-n1cccn1. The van der Waals surface area contributed by atoms with Crippen LogP contribution in [0.1, 0.15) is 15.9 Å². The Morgan fingerprint density at radius 3 is 2.67 bits per heavy atom. The zero-order valence-electron chi connectivity index (χ0n) is 14.0. The van der Waals surface area contributed by atoms with Gasteiger partial charge < -0.3 is 10.6 Å². The molecule has 1 aromatic carbocycles. The molecule has 7 nitrogen and oxygen atoms in total. The second kappa shape index (κ2) is 8.17. The maximum atomic E-state index is 13.6. The lowest BCUT2D eigenvalue weighted by Crippen LogP contribution is -2.37. The van der Waals surface area contributed by atoms with Crippen molar-refractivity contribution in [3.05, 3.63) is 77.8 Å². The van der Waals surface area contributed by atoms with Gasteiger partial charge in [-0.25, -0.2) is 18.4 Å². The second-order valence-electron chi connectivity index (χ2n) is 5.52. The molecular weight excluding hydrogens is 356 g/mol. The van der Waals surface area contributed by atoms with Crippen molar-refractivity contribution in [2.45, 2.75) is 6.54 Å². The number of nitrogens with one attached hydrogen (secondary N) is 2. The highest BCUT2D eigenvalue weighted by Crippen LogP contribution is 2.10. The van der Waals surface area contributed by atoms with Crippen LogP contribution in [0.3, 0.4) is 0 Å². The topological polar surface area (TPSA) is 88.9 Å². The average Bonchev–Trinajstić information content (AvgIpc) is 3.19. The third-order valence-electron chi connectivity index (χ3n) is 3.65. The van der Waals surface area contributed by atoms with E-state index < -0.39 is 23.4 Å². The highest BCUT2D eigenvalue weighted by atomic mass is 19.1.